The molecule has 2 aromatic rings. The summed E-state index contributed by atoms with van der Waals surface area (Å²) >= 11 is 0. The standard InChI is InChI=1S/C22H30N4O2/c1-16-9-11-25(12-10-16)20(19-7-5-4-6-8-19)14-23-21(27)15-26-18(3)13-17(2)24-22(26)28/h4-8,13,16,20H,9-12,14-15H2,1-3H3,(H,23,27). The summed E-state index contributed by atoms with van der Waals surface area (Å²) in [6.45, 7) is 8.51. The summed E-state index contributed by atoms with van der Waals surface area (Å²) in [6, 6.07) is 12.3. The highest BCUT2D eigenvalue weighted by Gasteiger charge is 2.25. The molecule has 1 aromatic heterocycles. The van der Waals surface area contributed by atoms with Gasteiger partial charge in [-0.15, -0.1) is 0 Å². The van der Waals surface area contributed by atoms with Gasteiger partial charge in [-0.3, -0.25) is 14.3 Å². The first-order valence-electron chi connectivity index (χ1n) is 10.0. The fraction of sp³-hybridized carbons (Fsp3) is 0.500. The average molecular weight is 383 g/mol. The number of likely N-dealkylation sites (tertiary alicyclic amines) is 1. The number of hydrogen-bond acceptors (Lipinski definition) is 4. The molecule has 1 amide bonds. The third-order valence-corrected chi connectivity index (χ3v) is 5.58. The van der Waals surface area contributed by atoms with Gasteiger partial charge in [0.25, 0.3) is 0 Å². The van der Waals surface area contributed by atoms with Crippen molar-refractivity contribution in [3.63, 3.8) is 0 Å². The van der Waals surface area contributed by atoms with Crippen molar-refractivity contribution in [3.05, 3.63) is 63.8 Å². The Labute approximate surface area is 166 Å². The topological polar surface area (TPSA) is 67.2 Å². The van der Waals surface area contributed by atoms with Crippen molar-refractivity contribution in [3.8, 4) is 0 Å². The van der Waals surface area contributed by atoms with Crippen LogP contribution in [0.1, 0.15) is 42.8 Å². The molecule has 2 heterocycles. The first kappa shape index (κ1) is 20.3. The van der Waals surface area contributed by atoms with Crippen LogP contribution < -0.4 is 11.0 Å². The Morgan fingerprint density at radius 3 is 2.54 bits per heavy atom. The molecule has 0 bridgehead atoms. The van der Waals surface area contributed by atoms with Gasteiger partial charge in [-0.25, -0.2) is 4.79 Å². The lowest BCUT2D eigenvalue weighted by atomic mass is 9.95. The molecule has 0 aliphatic carbocycles. The van der Waals surface area contributed by atoms with Gasteiger partial charge < -0.3 is 5.32 Å². The Bertz CT molecular complexity index is 855. The minimum absolute atomic E-state index is 0.00348. The van der Waals surface area contributed by atoms with E-state index in [4.69, 9.17) is 0 Å². The Morgan fingerprint density at radius 2 is 1.89 bits per heavy atom. The lowest BCUT2D eigenvalue weighted by molar-refractivity contribution is -0.122. The Balaban J connectivity index is 1.68. The number of hydrogen-bond donors (Lipinski definition) is 1. The molecule has 0 radical (unpaired) electrons. The van der Waals surface area contributed by atoms with E-state index in [2.05, 4.69) is 34.3 Å². The molecule has 1 fully saturated rings. The maximum atomic E-state index is 12.6. The molecule has 28 heavy (non-hydrogen) atoms. The lowest BCUT2D eigenvalue weighted by Gasteiger charge is -2.37. The number of rotatable bonds is 6. The molecule has 3 rings (SSSR count). The summed E-state index contributed by atoms with van der Waals surface area (Å²) < 4.78 is 1.42. The molecule has 6 heteroatoms. The zero-order valence-electron chi connectivity index (χ0n) is 17.0. The first-order valence-corrected chi connectivity index (χ1v) is 10.0. The maximum absolute atomic E-state index is 12.6. The van der Waals surface area contributed by atoms with E-state index >= 15 is 0 Å². The normalized spacial score (nSPS) is 16.7. The number of aryl methyl sites for hydroxylation is 2. The van der Waals surface area contributed by atoms with Gasteiger partial charge in [0.2, 0.25) is 5.91 Å². The van der Waals surface area contributed by atoms with Crippen LogP contribution in [-0.2, 0) is 11.3 Å². The zero-order valence-corrected chi connectivity index (χ0v) is 17.0. The predicted molar refractivity (Wildman–Crippen MR) is 110 cm³/mol. The van der Waals surface area contributed by atoms with Gasteiger partial charge in [0.15, 0.2) is 0 Å². The molecule has 1 aliphatic heterocycles. The summed E-state index contributed by atoms with van der Waals surface area (Å²) in [6.07, 6.45) is 2.36. The van der Waals surface area contributed by atoms with Crippen molar-refractivity contribution in [1.82, 2.24) is 19.8 Å². The van der Waals surface area contributed by atoms with E-state index in [0.717, 1.165) is 24.7 Å². The van der Waals surface area contributed by atoms with Crippen molar-refractivity contribution in [2.24, 2.45) is 5.92 Å². The average Bonchev–Trinajstić information content (AvgIpc) is 2.67. The quantitative estimate of drug-likeness (QED) is 0.833. The molecule has 1 N–H and O–H groups in total. The summed E-state index contributed by atoms with van der Waals surface area (Å²) in [5.74, 6) is 0.591. The van der Waals surface area contributed by atoms with Crippen molar-refractivity contribution < 1.29 is 4.79 Å². The van der Waals surface area contributed by atoms with Crippen molar-refractivity contribution in [1.29, 1.82) is 0 Å². The number of benzene rings is 1. The van der Waals surface area contributed by atoms with Crippen LogP contribution in [0.15, 0.2) is 41.2 Å². The fourth-order valence-electron chi connectivity index (χ4n) is 3.85. The highest BCUT2D eigenvalue weighted by atomic mass is 16.2. The second-order valence-corrected chi connectivity index (χ2v) is 7.86. The van der Waals surface area contributed by atoms with Crippen molar-refractivity contribution >= 4 is 5.91 Å². The van der Waals surface area contributed by atoms with Gasteiger partial charge in [0, 0.05) is 17.9 Å². The summed E-state index contributed by atoms with van der Waals surface area (Å²) in [4.78, 5) is 31.0. The minimum atomic E-state index is -0.378. The summed E-state index contributed by atoms with van der Waals surface area (Å²) in [5.41, 5.74) is 2.25. The lowest BCUT2D eigenvalue weighted by Crippen LogP contribution is -2.43. The first-order chi connectivity index (χ1) is 13.4. The van der Waals surface area contributed by atoms with Crippen LogP contribution in [0.4, 0.5) is 0 Å². The van der Waals surface area contributed by atoms with Gasteiger partial charge in [-0.1, -0.05) is 37.3 Å². The second-order valence-electron chi connectivity index (χ2n) is 7.86. The molecule has 1 atom stereocenters. The van der Waals surface area contributed by atoms with Gasteiger partial charge in [0.1, 0.15) is 6.54 Å². The molecule has 1 aromatic carbocycles. The number of amides is 1. The molecule has 1 saturated heterocycles. The monoisotopic (exact) mass is 382 g/mol. The van der Waals surface area contributed by atoms with Crippen molar-refractivity contribution in [2.45, 2.75) is 46.2 Å². The third-order valence-electron chi connectivity index (χ3n) is 5.58. The molecule has 6 nitrogen and oxygen atoms in total. The SMILES string of the molecule is Cc1cc(C)n(CC(=O)NCC(c2ccccc2)N2CCC(C)CC2)c(=O)n1. The van der Waals surface area contributed by atoms with Gasteiger partial charge >= 0.3 is 5.69 Å². The van der Waals surface area contributed by atoms with Crippen LogP contribution in [0.5, 0.6) is 0 Å². The predicted octanol–water partition coefficient (Wildman–Crippen LogP) is 2.45. The van der Waals surface area contributed by atoms with Crippen LogP contribution in [0.3, 0.4) is 0 Å². The van der Waals surface area contributed by atoms with Gasteiger partial charge in [-0.05, 0) is 57.3 Å². The number of piperidine rings is 1. The van der Waals surface area contributed by atoms with E-state index in [-0.39, 0.29) is 24.2 Å². The second kappa shape index (κ2) is 9.15. The number of nitrogens with one attached hydrogen (secondary N) is 1. The highest BCUT2D eigenvalue weighted by Crippen LogP contribution is 2.26. The Morgan fingerprint density at radius 1 is 1.21 bits per heavy atom. The number of nitrogens with zero attached hydrogens (tertiary/aromatic N) is 3. The number of aromatic nitrogens is 2. The zero-order chi connectivity index (χ0) is 20.1. The summed E-state index contributed by atoms with van der Waals surface area (Å²) in [7, 11) is 0. The molecule has 150 valence electrons. The fourth-order valence-corrected chi connectivity index (χ4v) is 3.85. The van der Waals surface area contributed by atoms with Crippen molar-refractivity contribution in [2.75, 3.05) is 19.6 Å². The van der Waals surface area contributed by atoms with Crippen LogP contribution in [-0.4, -0.2) is 40.0 Å². The molecule has 0 spiro atoms. The highest BCUT2D eigenvalue weighted by molar-refractivity contribution is 5.75. The minimum Gasteiger partial charge on any atom is -0.353 e. The molecule has 1 unspecified atom stereocenters. The van der Waals surface area contributed by atoms with Crippen LogP contribution >= 0.6 is 0 Å². The maximum Gasteiger partial charge on any atom is 0.348 e. The van der Waals surface area contributed by atoms with E-state index < -0.39 is 0 Å². The Hall–Kier alpha value is -2.47. The van der Waals surface area contributed by atoms with E-state index in [1.54, 1.807) is 6.92 Å². The van der Waals surface area contributed by atoms with E-state index in [1.807, 2.05) is 31.2 Å². The van der Waals surface area contributed by atoms with E-state index in [1.165, 1.54) is 23.0 Å². The molecule has 1 aliphatic rings. The largest absolute Gasteiger partial charge is 0.353 e. The number of carbonyl (C=O) groups is 1. The third kappa shape index (κ3) is 5.07. The van der Waals surface area contributed by atoms with E-state index in [0.29, 0.717) is 12.2 Å². The Kier molecular flexibility index (Phi) is 6.62. The number of carbonyl (C=O) groups excluding carboxylic acids is 1. The van der Waals surface area contributed by atoms with Gasteiger partial charge in [-0.2, -0.15) is 4.98 Å². The molecule has 0 saturated carbocycles. The molecular weight excluding hydrogens is 352 g/mol. The molecular formula is C22H30N4O2. The van der Waals surface area contributed by atoms with E-state index in [9.17, 15) is 9.59 Å². The summed E-state index contributed by atoms with van der Waals surface area (Å²) in [5, 5.41) is 3.04. The van der Waals surface area contributed by atoms with Crippen LogP contribution in [0.25, 0.3) is 0 Å². The van der Waals surface area contributed by atoms with Crippen LogP contribution in [0, 0.1) is 19.8 Å². The van der Waals surface area contributed by atoms with Crippen LogP contribution in [0.2, 0.25) is 0 Å². The smallest absolute Gasteiger partial charge is 0.348 e. The van der Waals surface area contributed by atoms with Gasteiger partial charge in [0.05, 0.1) is 6.04 Å².